The number of carboxylic acids is 1. The predicted octanol–water partition coefficient (Wildman–Crippen LogP) is 0.445. The van der Waals surface area contributed by atoms with Crippen LogP contribution in [0.1, 0.15) is 0 Å². The third-order valence-electron chi connectivity index (χ3n) is 2.88. The van der Waals surface area contributed by atoms with Crippen LogP contribution in [0.3, 0.4) is 0 Å². The smallest absolute Gasteiger partial charge is 0.356 e. The van der Waals surface area contributed by atoms with Gasteiger partial charge in [0.1, 0.15) is 20.9 Å². The largest absolute Gasteiger partial charge is 0.498 e. The molecule has 0 aromatic rings. The zero-order valence-electron chi connectivity index (χ0n) is 10.1. The van der Waals surface area contributed by atoms with Crippen molar-refractivity contribution in [1.29, 1.82) is 0 Å². The summed E-state index contributed by atoms with van der Waals surface area (Å²) in [6, 6.07) is -0.724. The lowest BCUT2D eigenvalue weighted by atomic mass is 10.0. The first-order chi connectivity index (χ1) is 9.38. The summed E-state index contributed by atoms with van der Waals surface area (Å²) in [6.45, 7) is 0. The molecule has 0 radical (unpaired) electrons. The molecule has 0 aromatic carbocycles. The van der Waals surface area contributed by atoms with Gasteiger partial charge >= 0.3 is 5.97 Å². The summed E-state index contributed by atoms with van der Waals surface area (Å²) in [7, 11) is 1.36. The number of aliphatic carboxylic acids is 1. The van der Waals surface area contributed by atoms with E-state index in [1.54, 1.807) is 0 Å². The maximum atomic E-state index is 12.0. The third kappa shape index (κ3) is 2.56. The maximum absolute atomic E-state index is 12.0. The number of halogens is 2. The number of hydrogen-bond acceptors (Lipinski definition) is 5. The first kappa shape index (κ1) is 15.6. The van der Waals surface area contributed by atoms with E-state index in [9.17, 15) is 19.5 Å². The highest BCUT2D eigenvalue weighted by Crippen LogP contribution is 2.40. The molecule has 0 aromatic heterocycles. The van der Waals surface area contributed by atoms with Gasteiger partial charge in [0, 0.05) is 0 Å². The van der Waals surface area contributed by atoms with Crippen LogP contribution in [0.5, 0.6) is 0 Å². The van der Waals surface area contributed by atoms with Gasteiger partial charge in [-0.1, -0.05) is 31.9 Å². The summed E-state index contributed by atoms with van der Waals surface area (Å²) in [5.74, 6) is -1.48. The number of carbonyl (C=O) groups excluding carboxylic acids is 2. The number of hydrogen-bond donors (Lipinski definition) is 2. The van der Waals surface area contributed by atoms with Gasteiger partial charge < -0.3 is 15.2 Å². The second-order valence-electron chi connectivity index (χ2n) is 3.98. The number of carbonyl (C=O) groups is 3. The van der Waals surface area contributed by atoms with Gasteiger partial charge in [0.2, 0.25) is 5.91 Å². The summed E-state index contributed by atoms with van der Waals surface area (Å²) in [4.78, 5) is 36.0. The van der Waals surface area contributed by atoms with E-state index in [0.29, 0.717) is 5.75 Å². The van der Waals surface area contributed by atoms with Crippen molar-refractivity contribution in [1.82, 2.24) is 10.2 Å². The molecule has 2 aliphatic heterocycles. The van der Waals surface area contributed by atoms with Crippen molar-refractivity contribution < 1.29 is 24.2 Å². The Hall–Kier alpha value is -0.740. The van der Waals surface area contributed by atoms with Gasteiger partial charge in [-0.15, -0.1) is 11.8 Å². The molecule has 1 saturated heterocycles. The van der Waals surface area contributed by atoms with E-state index in [1.165, 1.54) is 18.9 Å². The van der Waals surface area contributed by atoms with Crippen LogP contribution in [-0.4, -0.2) is 55.8 Å². The first-order valence-corrected chi connectivity index (χ1v) is 8.30. The van der Waals surface area contributed by atoms with E-state index in [4.69, 9.17) is 4.74 Å². The maximum Gasteiger partial charge on any atom is 0.356 e. The molecule has 2 N–H and O–H groups in total. The van der Waals surface area contributed by atoms with Crippen molar-refractivity contribution >= 4 is 61.4 Å². The summed E-state index contributed by atoms with van der Waals surface area (Å²) in [5, 5.41) is 11.3. The number of carboxylic acid groups (broad SMARTS) is 1. The van der Waals surface area contributed by atoms with Gasteiger partial charge in [0.15, 0.2) is 5.70 Å². The van der Waals surface area contributed by atoms with Crippen molar-refractivity contribution in [3.63, 3.8) is 0 Å². The van der Waals surface area contributed by atoms with Crippen LogP contribution in [-0.2, 0) is 19.1 Å². The normalized spacial score (nSPS) is 25.2. The predicted molar refractivity (Wildman–Crippen MR) is 78.3 cm³/mol. The molecule has 2 heterocycles. The molecule has 110 valence electrons. The summed E-state index contributed by atoms with van der Waals surface area (Å²) >= 11 is 7.42. The average Bonchev–Trinajstić information content (AvgIpc) is 2.42. The van der Waals surface area contributed by atoms with Gasteiger partial charge in [0.05, 0.1) is 12.9 Å². The van der Waals surface area contributed by atoms with E-state index in [0.717, 1.165) is 4.90 Å². The van der Waals surface area contributed by atoms with E-state index >= 15 is 0 Å². The van der Waals surface area contributed by atoms with Crippen LogP contribution in [0, 0.1) is 0 Å². The van der Waals surface area contributed by atoms with Crippen LogP contribution in [0.2, 0.25) is 0 Å². The number of nitrogens with zero attached hydrogens (tertiary/aromatic N) is 1. The Morgan fingerprint density at radius 1 is 1.55 bits per heavy atom. The number of ether oxygens (including phenoxy) is 1. The molecule has 2 rings (SSSR count). The minimum absolute atomic E-state index is 0.152. The highest BCUT2D eigenvalue weighted by Gasteiger charge is 2.54. The van der Waals surface area contributed by atoms with Crippen molar-refractivity contribution in [2.75, 3.05) is 12.9 Å². The van der Waals surface area contributed by atoms with Gasteiger partial charge in [-0.2, -0.15) is 0 Å². The number of rotatable bonds is 4. The van der Waals surface area contributed by atoms with Crippen molar-refractivity contribution in [3.8, 4) is 0 Å². The molecule has 7 nitrogen and oxygen atoms in total. The lowest BCUT2D eigenvalue weighted by molar-refractivity contribution is -0.151. The molecule has 0 spiro atoms. The molecular formula is C10H10Br2N2O5S. The van der Waals surface area contributed by atoms with Crippen molar-refractivity contribution in [2.45, 2.75) is 15.2 Å². The quantitative estimate of drug-likeness (QED) is 0.497. The Kier molecular flexibility index (Phi) is 4.65. The summed E-state index contributed by atoms with van der Waals surface area (Å²) in [5.41, 5.74) is -0.152. The van der Waals surface area contributed by atoms with Crippen molar-refractivity contribution in [3.05, 3.63) is 11.5 Å². The lowest BCUT2D eigenvalue weighted by Crippen LogP contribution is -2.71. The standard InChI is InChI=1S/C10H10Br2N2O5S/c1-19-3-2-20-9-4(13-7(15)6(11)12)8(16)14(9)5(3)10(17)18/h4,6,9H,2H2,1H3,(H,13,15)(H,17,18)/t4-,9+/m1/s1. The molecule has 1 fully saturated rings. The minimum atomic E-state index is -1.22. The Bertz CT molecular complexity index is 510. The minimum Gasteiger partial charge on any atom is -0.498 e. The van der Waals surface area contributed by atoms with E-state index in [1.807, 2.05) is 0 Å². The Morgan fingerprint density at radius 3 is 2.70 bits per heavy atom. The fourth-order valence-corrected chi connectivity index (χ4v) is 3.54. The van der Waals surface area contributed by atoms with Crippen LogP contribution in [0.4, 0.5) is 0 Å². The SMILES string of the molecule is COC1=C(C(=O)O)N2C(=O)[C@@H](NC(=O)C(Br)Br)[C@@H]2SC1. The highest BCUT2D eigenvalue weighted by atomic mass is 79.9. The first-order valence-electron chi connectivity index (χ1n) is 5.42. The van der Waals surface area contributed by atoms with E-state index < -0.39 is 27.0 Å². The van der Waals surface area contributed by atoms with Crippen LogP contribution < -0.4 is 5.32 Å². The monoisotopic (exact) mass is 428 g/mol. The summed E-state index contributed by atoms with van der Waals surface area (Å²) in [6.07, 6.45) is 0. The van der Waals surface area contributed by atoms with Crippen LogP contribution in [0.15, 0.2) is 11.5 Å². The second-order valence-corrected chi connectivity index (χ2v) is 8.14. The summed E-state index contributed by atoms with van der Waals surface area (Å²) < 4.78 is 4.40. The molecule has 0 unspecified atom stereocenters. The number of methoxy groups -OCH3 is 1. The lowest BCUT2D eigenvalue weighted by Gasteiger charge is -2.48. The fourth-order valence-electron chi connectivity index (χ4n) is 1.96. The molecule has 2 amide bonds. The fraction of sp³-hybridized carbons (Fsp3) is 0.500. The third-order valence-corrected chi connectivity index (χ3v) is 4.96. The number of nitrogens with one attached hydrogen (secondary N) is 1. The van der Waals surface area contributed by atoms with Crippen LogP contribution >= 0.6 is 43.6 Å². The van der Waals surface area contributed by atoms with E-state index in [2.05, 4.69) is 37.2 Å². The molecular weight excluding hydrogens is 420 g/mol. The molecule has 0 bridgehead atoms. The molecule has 20 heavy (non-hydrogen) atoms. The number of thioether (sulfide) groups is 1. The van der Waals surface area contributed by atoms with Gasteiger partial charge in [-0.05, 0) is 0 Å². The molecule has 0 saturated carbocycles. The molecule has 10 heteroatoms. The average molecular weight is 430 g/mol. The molecule has 0 aliphatic carbocycles. The zero-order chi connectivity index (χ0) is 15.0. The van der Waals surface area contributed by atoms with Crippen molar-refractivity contribution in [2.24, 2.45) is 0 Å². The Labute approximate surface area is 135 Å². The molecule has 2 aliphatic rings. The Morgan fingerprint density at radius 2 is 2.20 bits per heavy atom. The topological polar surface area (TPSA) is 95.9 Å². The number of amides is 2. The van der Waals surface area contributed by atoms with E-state index in [-0.39, 0.29) is 17.4 Å². The number of alkyl halides is 2. The number of fused-ring (bicyclic) bond motifs is 1. The van der Waals surface area contributed by atoms with Gasteiger partial charge in [-0.3, -0.25) is 14.5 Å². The van der Waals surface area contributed by atoms with Gasteiger partial charge in [-0.25, -0.2) is 4.79 Å². The van der Waals surface area contributed by atoms with Gasteiger partial charge in [0.25, 0.3) is 5.91 Å². The zero-order valence-corrected chi connectivity index (χ0v) is 14.1. The highest BCUT2D eigenvalue weighted by molar-refractivity contribution is 9.25. The Balaban J connectivity index is 2.19. The second kappa shape index (κ2) is 5.94. The van der Waals surface area contributed by atoms with Crippen LogP contribution in [0.25, 0.3) is 0 Å². The molecule has 2 atom stereocenters. The number of β-lactam (4-membered cyclic amide) rings is 1.